The zero-order valence-corrected chi connectivity index (χ0v) is 21.0. The number of unbranched alkanes of at least 4 members (excludes halogenated alkanes) is 8. The third-order valence-electron chi connectivity index (χ3n) is 5.42. The van der Waals surface area contributed by atoms with Gasteiger partial charge in [0.25, 0.3) is 0 Å². The first-order valence-corrected chi connectivity index (χ1v) is 12.8. The van der Waals surface area contributed by atoms with E-state index in [4.69, 9.17) is 4.74 Å². The van der Waals surface area contributed by atoms with Crippen LogP contribution in [0.25, 0.3) is 0 Å². The predicted molar refractivity (Wildman–Crippen MR) is 137 cm³/mol. The summed E-state index contributed by atoms with van der Waals surface area (Å²) in [5.41, 5.74) is 1.38. The van der Waals surface area contributed by atoms with Crippen LogP contribution >= 0.6 is 0 Å². The first-order chi connectivity index (χ1) is 15.1. The molecule has 178 valence electrons. The minimum atomic E-state index is -0.0226. The van der Waals surface area contributed by atoms with Crippen molar-refractivity contribution in [3.8, 4) is 0 Å². The standard InChI is InChI=1S/C29H50O2/c1-5-6-7-8-9-10-11-12-13-14-15-16-17-18-19-20-24-29(30)31-26-25-28(4)23-21-22-27(2)3/h9-14,22,28H,5-8,15-21,23-26H2,1-4H3. The van der Waals surface area contributed by atoms with E-state index in [9.17, 15) is 4.79 Å². The number of carbonyl (C=O) groups is 1. The third kappa shape index (κ3) is 24.6. The van der Waals surface area contributed by atoms with Gasteiger partial charge in [-0.2, -0.15) is 0 Å². The van der Waals surface area contributed by atoms with Crippen LogP contribution in [0.1, 0.15) is 118 Å². The van der Waals surface area contributed by atoms with Crippen LogP contribution < -0.4 is 0 Å². The second kappa shape index (κ2) is 23.1. The van der Waals surface area contributed by atoms with Crippen LogP contribution in [0.2, 0.25) is 0 Å². The number of hydrogen-bond donors (Lipinski definition) is 0. The molecule has 0 heterocycles. The second-order valence-corrected chi connectivity index (χ2v) is 9.02. The van der Waals surface area contributed by atoms with E-state index in [0.717, 1.165) is 32.1 Å². The summed E-state index contributed by atoms with van der Waals surface area (Å²) >= 11 is 0. The molecule has 1 atom stereocenters. The molecule has 0 aromatic carbocycles. The van der Waals surface area contributed by atoms with Gasteiger partial charge in [-0.1, -0.05) is 94.1 Å². The Morgan fingerprint density at radius 3 is 2.03 bits per heavy atom. The lowest BCUT2D eigenvalue weighted by molar-refractivity contribution is -0.144. The van der Waals surface area contributed by atoms with Gasteiger partial charge in [0, 0.05) is 6.42 Å². The van der Waals surface area contributed by atoms with Gasteiger partial charge in [0.2, 0.25) is 0 Å². The van der Waals surface area contributed by atoms with Gasteiger partial charge in [0.1, 0.15) is 0 Å². The lowest BCUT2D eigenvalue weighted by Crippen LogP contribution is -2.08. The number of esters is 1. The monoisotopic (exact) mass is 430 g/mol. The molecule has 0 spiro atoms. The van der Waals surface area contributed by atoms with E-state index in [2.05, 4.69) is 70.2 Å². The van der Waals surface area contributed by atoms with Gasteiger partial charge in [-0.25, -0.2) is 0 Å². The molecule has 0 bridgehead atoms. The Balaban J connectivity index is 3.46. The highest BCUT2D eigenvalue weighted by Gasteiger charge is 2.05. The summed E-state index contributed by atoms with van der Waals surface area (Å²) in [5, 5.41) is 0. The maximum absolute atomic E-state index is 11.8. The van der Waals surface area contributed by atoms with Gasteiger partial charge in [-0.15, -0.1) is 0 Å². The van der Waals surface area contributed by atoms with Crippen molar-refractivity contribution in [2.75, 3.05) is 6.61 Å². The van der Waals surface area contributed by atoms with Crippen LogP contribution in [0.15, 0.2) is 48.1 Å². The van der Waals surface area contributed by atoms with Crippen LogP contribution in [-0.4, -0.2) is 12.6 Å². The van der Waals surface area contributed by atoms with E-state index < -0.39 is 0 Å². The Morgan fingerprint density at radius 1 is 0.774 bits per heavy atom. The molecular weight excluding hydrogens is 380 g/mol. The smallest absolute Gasteiger partial charge is 0.305 e. The van der Waals surface area contributed by atoms with Crippen LogP contribution in [0.5, 0.6) is 0 Å². The van der Waals surface area contributed by atoms with E-state index in [1.165, 1.54) is 56.9 Å². The van der Waals surface area contributed by atoms with E-state index in [1.54, 1.807) is 0 Å². The first-order valence-electron chi connectivity index (χ1n) is 12.8. The van der Waals surface area contributed by atoms with Crippen LogP contribution in [0.4, 0.5) is 0 Å². The fourth-order valence-corrected chi connectivity index (χ4v) is 3.30. The van der Waals surface area contributed by atoms with Gasteiger partial charge in [0.05, 0.1) is 6.61 Å². The number of hydrogen-bond acceptors (Lipinski definition) is 2. The maximum atomic E-state index is 11.8. The highest BCUT2D eigenvalue weighted by molar-refractivity contribution is 5.69. The molecule has 2 nitrogen and oxygen atoms in total. The molecule has 31 heavy (non-hydrogen) atoms. The summed E-state index contributed by atoms with van der Waals surface area (Å²) in [5.74, 6) is 0.589. The normalized spacial score (nSPS) is 12.8. The van der Waals surface area contributed by atoms with Crippen LogP contribution in [-0.2, 0) is 9.53 Å². The summed E-state index contributed by atoms with van der Waals surface area (Å²) in [7, 11) is 0. The molecule has 0 amide bonds. The molecule has 0 radical (unpaired) electrons. The first kappa shape index (κ1) is 29.4. The molecule has 0 fully saturated rings. The summed E-state index contributed by atoms with van der Waals surface area (Å²) < 4.78 is 5.39. The molecule has 0 aliphatic heterocycles. The molecular formula is C29H50O2. The van der Waals surface area contributed by atoms with Gasteiger partial charge < -0.3 is 4.74 Å². The Hall–Kier alpha value is -1.57. The summed E-state index contributed by atoms with van der Waals surface area (Å²) in [4.78, 5) is 11.8. The molecule has 1 unspecified atom stereocenters. The summed E-state index contributed by atoms with van der Waals surface area (Å²) in [6, 6.07) is 0. The number of allylic oxidation sites excluding steroid dienone is 8. The fourth-order valence-electron chi connectivity index (χ4n) is 3.30. The maximum Gasteiger partial charge on any atom is 0.305 e. The van der Waals surface area contributed by atoms with E-state index >= 15 is 0 Å². The predicted octanol–water partition coefficient (Wildman–Crippen LogP) is 9.28. The zero-order valence-electron chi connectivity index (χ0n) is 21.0. The molecule has 0 saturated heterocycles. The molecule has 0 saturated carbocycles. The topological polar surface area (TPSA) is 26.3 Å². The van der Waals surface area contributed by atoms with Crippen molar-refractivity contribution in [2.24, 2.45) is 5.92 Å². The Kier molecular flexibility index (Phi) is 21.9. The number of ether oxygens (including phenoxy) is 1. The van der Waals surface area contributed by atoms with Crippen molar-refractivity contribution in [3.63, 3.8) is 0 Å². The molecule has 0 aromatic heterocycles. The van der Waals surface area contributed by atoms with Gasteiger partial charge in [-0.05, 0) is 71.1 Å². The lowest BCUT2D eigenvalue weighted by Gasteiger charge is -2.10. The van der Waals surface area contributed by atoms with Crippen molar-refractivity contribution in [2.45, 2.75) is 118 Å². The van der Waals surface area contributed by atoms with E-state index in [-0.39, 0.29) is 5.97 Å². The average Bonchev–Trinajstić information content (AvgIpc) is 2.73. The van der Waals surface area contributed by atoms with E-state index in [1.807, 2.05) is 0 Å². The zero-order chi connectivity index (χ0) is 23.0. The SMILES string of the molecule is CCCCCC=CC=CC=CCCCCCCCC(=O)OCCC(C)CCC=C(C)C. The van der Waals surface area contributed by atoms with Crippen molar-refractivity contribution < 1.29 is 9.53 Å². The Morgan fingerprint density at radius 2 is 1.39 bits per heavy atom. The quantitative estimate of drug-likeness (QED) is 0.0832. The lowest BCUT2D eigenvalue weighted by atomic mass is 10.0. The summed E-state index contributed by atoms with van der Waals surface area (Å²) in [6.45, 7) is 9.33. The van der Waals surface area contributed by atoms with E-state index in [0.29, 0.717) is 18.9 Å². The summed E-state index contributed by atoms with van der Waals surface area (Å²) in [6.07, 6.45) is 31.2. The number of carbonyl (C=O) groups excluding carboxylic acids is 1. The molecule has 0 aromatic rings. The minimum Gasteiger partial charge on any atom is -0.466 e. The largest absolute Gasteiger partial charge is 0.466 e. The number of rotatable bonds is 20. The third-order valence-corrected chi connectivity index (χ3v) is 5.42. The molecule has 0 rings (SSSR count). The Bertz CT molecular complexity index is 521. The molecule has 0 aliphatic carbocycles. The van der Waals surface area contributed by atoms with Gasteiger partial charge in [-0.3, -0.25) is 4.79 Å². The van der Waals surface area contributed by atoms with Crippen molar-refractivity contribution in [1.82, 2.24) is 0 Å². The molecule has 2 heteroatoms. The van der Waals surface area contributed by atoms with Crippen LogP contribution in [0, 0.1) is 5.92 Å². The molecule has 0 aliphatic rings. The van der Waals surface area contributed by atoms with Crippen molar-refractivity contribution in [1.29, 1.82) is 0 Å². The van der Waals surface area contributed by atoms with Crippen molar-refractivity contribution >= 4 is 5.97 Å². The van der Waals surface area contributed by atoms with Crippen molar-refractivity contribution in [3.05, 3.63) is 48.1 Å². The van der Waals surface area contributed by atoms with Gasteiger partial charge >= 0.3 is 5.97 Å². The van der Waals surface area contributed by atoms with Gasteiger partial charge in [0.15, 0.2) is 0 Å². The average molecular weight is 431 g/mol. The highest BCUT2D eigenvalue weighted by Crippen LogP contribution is 2.13. The minimum absolute atomic E-state index is 0.0226. The second-order valence-electron chi connectivity index (χ2n) is 9.02. The Labute approximate surface area is 193 Å². The molecule has 0 N–H and O–H groups in total. The highest BCUT2D eigenvalue weighted by atomic mass is 16.5. The van der Waals surface area contributed by atoms with Crippen LogP contribution in [0.3, 0.4) is 0 Å². The fraction of sp³-hybridized carbons (Fsp3) is 0.690.